The molecule has 3 saturated carbocycles. The summed E-state index contributed by atoms with van der Waals surface area (Å²) in [6.07, 6.45) is 11.1. The summed E-state index contributed by atoms with van der Waals surface area (Å²) in [6.45, 7) is 6.79. The van der Waals surface area contributed by atoms with E-state index >= 15 is 0 Å². The van der Waals surface area contributed by atoms with E-state index in [4.69, 9.17) is 0 Å². The van der Waals surface area contributed by atoms with Crippen LogP contribution in [0.3, 0.4) is 0 Å². The molecule has 0 aromatic rings. The van der Waals surface area contributed by atoms with Crippen LogP contribution in [0.25, 0.3) is 0 Å². The van der Waals surface area contributed by atoms with E-state index in [9.17, 15) is 14.0 Å². The van der Waals surface area contributed by atoms with Gasteiger partial charge in [0.25, 0.3) is 0 Å². The predicted molar refractivity (Wildman–Crippen MR) is 103 cm³/mol. The summed E-state index contributed by atoms with van der Waals surface area (Å²) >= 11 is 0.870. The monoisotopic (exact) mass is 376 g/mol. The van der Waals surface area contributed by atoms with E-state index in [0.717, 1.165) is 43.9 Å². The molecule has 0 saturated heterocycles. The molecule has 4 heteroatoms. The molecule has 26 heavy (non-hydrogen) atoms. The molecular formula is C22H29FO2S. The largest absolute Gasteiger partial charge is 0.290 e. The van der Waals surface area contributed by atoms with Crippen molar-refractivity contribution in [3.05, 3.63) is 23.8 Å². The molecule has 1 unspecified atom stereocenters. The third-order valence-corrected chi connectivity index (χ3v) is 9.00. The first-order chi connectivity index (χ1) is 12.3. The standard InChI is InChI=1S/C22H29FO2S/c1-13-10-18-16-5-4-14-11-15(24)6-8-21(14,2)17(16)7-9-22(18,3)19(13)20(25)26-12-23/h6,8,11,13,16-19H,4-5,7,9-10,12H2,1-3H3/t13-,16-,17+,18+,19?,21+,22+/m1/s1. The molecule has 4 rings (SSSR count). The van der Waals surface area contributed by atoms with Gasteiger partial charge in [-0.2, -0.15) is 0 Å². The summed E-state index contributed by atoms with van der Waals surface area (Å²) < 4.78 is 12.8. The third-order valence-electron chi connectivity index (χ3n) is 8.35. The molecule has 0 aromatic carbocycles. The van der Waals surface area contributed by atoms with Crippen LogP contribution in [0, 0.1) is 40.4 Å². The van der Waals surface area contributed by atoms with Crippen molar-refractivity contribution in [2.45, 2.75) is 52.9 Å². The molecular weight excluding hydrogens is 347 g/mol. The van der Waals surface area contributed by atoms with Crippen molar-refractivity contribution in [3.8, 4) is 0 Å². The smallest absolute Gasteiger partial charge is 0.195 e. The van der Waals surface area contributed by atoms with Crippen LogP contribution in [-0.4, -0.2) is 16.9 Å². The maximum atomic E-state index is 12.8. The lowest BCUT2D eigenvalue weighted by atomic mass is 9.48. The number of hydrogen-bond donors (Lipinski definition) is 0. The van der Waals surface area contributed by atoms with Crippen molar-refractivity contribution in [2.24, 2.45) is 40.4 Å². The van der Waals surface area contributed by atoms with Crippen molar-refractivity contribution in [3.63, 3.8) is 0 Å². The van der Waals surface area contributed by atoms with E-state index in [-0.39, 0.29) is 27.6 Å². The van der Waals surface area contributed by atoms with E-state index in [1.165, 1.54) is 5.57 Å². The molecule has 0 amide bonds. The van der Waals surface area contributed by atoms with E-state index in [0.29, 0.717) is 23.7 Å². The Bertz CT molecular complexity index is 698. The molecule has 3 fully saturated rings. The molecule has 0 aromatic heterocycles. The minimum absolute atomic E-state index is 0.00280. The molecule has 2 nitrogen and oxygen atoms in total. The second-order valence-corrected chi connectivity index (χ2v) is 10.3. The molecule has 4 aliphatic carbocycles. The number of fused-ring (bicyclic) bond motifs is 5. The van der Waals surface area contributed by atoms with E-state index in [2.05, 4.69) is 26.8 Å². The average Bonchev–Trinajstić information content (AvgIpc) is 2.86. The first kappa shape index (κ1) is 18.5. The van der Waals surface area contributed by atoms with Crippen molar-refractivity contribution >= 4 is 22.7 Å². The van der Waals surface area contributed by atoms with Gasteiger partial charge >= 0.3 is 0 Å². The summed E-state index contributed by atoms with van der Waals surface area (Å²) in [6, 6.07) is -0.611. The summed E-state index contributed by atoms with van der Waals surface area (Å²) in [7, 11) is 0. The summed E-state index contributed by atoms with van der Waals surface area (Å²) in [4.78, 5) is 24.5. The number of ketones is 1. The van der Waals surface area contributed by atoms with Crippen molar-refractivity contribution in [1.82, 2.24) is 0 Å². The van der Waals surface area contributed by atoms with Gasteiger partial charge in [-0.3, -0.25) is 9.59 Å². The minimum atomic E-state index is -0.611. The number of alkyl halides is 1. The normalized spacial score (nSPS) is 47.0. The van der Waals surface area contributed by atoms with Gasteiger partial charge in [0.05, 0.1) is 0 Å². The molecule has 0 N–H and O–H groups in total. The Balaban J connectivity index is 1.66. The highest BCUT2D eigenvalue weighted by Crippen LogP contribution is 2.67. The zero-order valence-corrected chi connectivity index (χ0v) is 16.8. The second kappa shape index (κ2) is 6.32. The second-order valence-electron chi connectivity index (χ2n) is 9.41. The lowest BCUT2D eigenvalue weighted by Gasteiger charge is -2.56. The first-order valence-corrected chi connectivity index (χ1v) is 11.0. The Morgan fingerprint density at radius 3 is 2.81 bits per heavy atom. The lowest BCUT2D eigenvalue weighted by Crippen LogP contribution is -2.50. The van der Waals surface area contributed by atoms with Crippen molar-refractivity contribution in [1.29, 1.82) is 0 Å². The molecule has 142 valence electrons. The maximum absolute atomic E-state index is 12.8. The van der Waals surface area contributed by atoms with Crippen LogP contribution in [-0.2, 0) is 9.59 Å². The highest BCUT2D eigenvalue weighted by molar-refractivity contribution is 8.13. The van der Waals surface area contributed by atoms with Crippen molar-refractivity contribution in [2.75, 3.05) is 6.01 Å². The number of allylic oxidation sites excluding steroid dienone is 4. The fourth-order valence-corrected chi connectivity index (χ4v) is 8.00. The first-order valence-electron chi connectivity index (χ1n) is 9.98. The average molecular weight is 377 g/mol. The number of carbonyl (C=O) groups excluding carboxylic acids is 2. The van der Waals surface area contributed by atoms with Crippen LogP contribution < -0.4 is 0 Å². The molecule has 7 atom stereocenters. The lowest BCUT2D eigenvalue weighted by molar-refractivity contribution is -0.122. The van der Waals surface area contributed by atoms with Crippen molar-refractivity contribution < 1.29 is 14.0 Å². The van der Waals surface area contributed by atoms with Gasteiger partial charge < -0.3 is 0 Å². The topological polar surface area (TPSA) is 34.1 Å². The molecule has 0 spiro atoms. The van der Waals surface area contributed by atoms with Gasteiger partial charge in [-0.25, -0.2) is 4.39 Å². The number of rotatable bonds is 2. The molecule has 0 aliphatic heterocycles. The number of hydrogen-bond acceptors (Lipinski definition) is 3. The van der Waals surface area contributed by atoms with Crippen LogP contribution >= 0.6 is 11.8 Å². The Morgan fingerprint density at radius 2 is 2.08 bits per heavy atom. The zero-order chi connectivity index (χ0) is 18.7. The summed E-state index contributed by atoms with van der Waals surface area (Å²) in [5.41, 5.74) is 1.31. The van der Waals surface area contributed by atoms with E-state index in [1.807, 2.05) is 6.08 Å². The van der Waals surface area contributed by atoms with Crippen LogP contribution in [0.2, 0.25) is 0 Å². The van der Waals surface area contributed by atoms with Gasteiger partial charge in [0.2, 0.25) is 0 Å². The Kier molecular flexibility index (Phi) is 4.49. The van der Waals surface area contributed by atoms with Gasteiger partial charge in [0.1, 0.15) is 6.01 Å². The van der Waals surface area contributed by atoms with Crippen LogP contribution in [0.5, 0.6) is 0 Å². The predicted octanol–water partition coefficient (Wildman–Crippen LogP) is 5.34. The number of carbonyl (C=O) groups is 2. The van der Waals surface area contributed by atoms with E-state index < -0.39 is 6.01 Å². The van der Waals surface area contributed by atoms with Gasteiger partial charge in [-0.1, -0.05) is 44.2 Å². The van der Waals surface area contributed by atoms with Gasteiger partial charge in [-0.05, 0) is 73.3 Å². The van der Waals surface area contributed by atoms with Crippen LogP contribution in [0.4, 0.5) is 4.39 Å². The SMILES string of the molecule is C[C@@H]1C[C@H]2[C@@H]3CCC4=CC(=O)C=C[C@]4(C)[C@H]3CC[C@]2(C)C1C(=O)SCF. The molecule has 4 aliphatic rings. The molecule has 0 radical (unpaired) electrons. The fourth-order valence-electron chi connectivity index (χ4n) is 7.21. The maximum Gasteiger partial charge on any atom is 0.195 e. The van der Waals surface area contributed by atoms with E-state index in [1.54, 1.807) is 6.08 Å². The molecule has 0 bridgehead atoms. The van der Waals surface area contributed by atoms with Crippen LogP contribution in [0.1, 0.15) is 52.9 Å². The Morgan fingerprint density at radius 1 is 1.31 bits per heavy atom. The number of halogens is 1. The fraction of sp³-hybridized carbons (Fsp3) is 0.727. The molecule has 0 heterocycles. The third kappa shape index (κ3) is 2.51. The number of thioether (sulfide) groups is 1. The quantitative estimate of drug-likeness (QED) is 0.652. The van der Waals surface area contributed by atoms with Crippen LogP contribution in [0.15, 0.2) is 23.8 Å². The Hall–Kier alpha value is -0.900. The van der Waals surface area contributed by atoms with Gasteiger partial charge in [0.15, 0.2) is 10.9 Å². The summed E-state index contributed by atoms with van der Waals surface area (Å²) in [5.74, 6) is 2.14. The zero-order valence-electron chi connectivity index (χ0n) is 16.0. The summed E-state index contributed by atoms with van der Waals surface area (Å²) in [5, 5.41) is 0.0641. The van der Waals surface area contributed by atoms with Gasteiger partial charge in [-0.15, -0.1) is 0 Å². The van der Waals surface area contributed by atoms with Gasteiger partial charge in [0, 0.05) is 11.3 Å². The Labute approximate surface area is 160 Å². The highest BCUT2D eigenvalue weighted by atomic mass is 32.2. The minimum Gasteiger partial charge on any atom is -0.290 e. The highest BCUT2D eigenvalue weighted by Gasteiger charge is 2.61.